The molecule has 1 aromatic carbocycles. The molecule has 11 heteroatoms. The van der Waals surface area contributed by atoms with E-state index >= 15 is 0 Å². The molecule has 4 heterocycles. The summed E-state index contributed by atoms with van der Waals surface area (Å²) in [6.45, 7) is 4.19. The van der Waals surface area contributed by atoms with Gasteiger partial charge in [-0.15, -0.1) is 5.10 Å². The minimum atomic E-state index is -0.863. The summed E-state index contributed by atoms with van der Waals surface area (Å²) in [5.74, 6) is -0.977. The molecule has 4 aromatic rings. The maximum absolute atomic E-state index is 11.0. The van der Waals surface area contributed by atoms with Crippen molar-refractivity contribution in [3.05, 3.63) is 71.7 Å². The van der Waals surface area contributed by atoms with E-state index in [2.05, 4.69) is 31.3 Å². The highest BCUT2D eigenvalue weighted by atomic mass is 16.5. The van der Waals surface area contributed by atoms with Crippen molar-refractivity contribution in [1.29, 1.82) is 5.26 Å². The van der Waals surface area contributed by atoms with Crippen LogP contribution in [0.25, 0.3) is 22.6 Å². The van der Waals surface area contributed by atoms with Crippen molar-refractivity contribution in [3.8, 4) is 28.7 Å². The summed E-state index contributed by atoms with van der Waals surface area (Å²) in [6.07, 6.45) is 4.30. The van der Waals surface area contributed by atoms with Gasteiger partial charge in [-0.2, -0.15) is 5.26 Å². The highest BCUT2D eigenvalue weighted by Gasteiger charge is 2.14. The number of rotatable bonds is 7. The predicted octanol–water partition coefficient (Wildman–Crippen LogP) is 3.67. The van der Waals surface area contributed by atoms with E-state index in [1.54, 1.807) is 35.1 Å². The second kappa shape index (κ2) is 12.5. The highest BCUT2D eigenvalue weighted by molar-refractivity contribution is 5.68. The third-order valence-electron chi connectivity index (χ3n) is 5.80. The molecule has 1 saturated heterocycles. The number of ether oxygens (including phenoxy) is 1. The number of nitriles is 1. The summed E-state index contributed by atoms with van der Waals surface area (Å²) >= 11 is 0. The van der Waals surface area contributed by atoms with Gasteiger partial charge in [-0.05, 0) is 43.2 Å². The highest BCUT2D eigenvalue weighted by Crippen LogP contribution is 2.24. The van der Waals surface area contributed by atoms with Crippen LogP contribution in [0, 0.1) is 11.3 Å². The van der Waals surface area contributed by atoms with Gasteiger partial charge >= 0.3 is 5.97 Å². The Morgan fingerprint density at radius 2 is 1.87 bits per heavy atom. The Labute approximate surface area is 220 Å². The normalized spacial score (nSPS) is 13.3. The molecule has 1 atom stereocenters. The largest absolute Gasteiger partial charge is 0.481 e. The number of carbonyl (C=O) groups is 1. The number of aliphatic carboxylic acids is 1. The van der Waals surface area contributed by atoms with Crippen LogP contribution in [0.2, 0.25) is 0 Å². The first kappa shape index (κ1) is 26.4. The Morgan fingerprint density at radius 3 is 2.58 bits per heavy atom. The lowest BCUT2D eigenvalue weighted by Gasteiger charge is -2.09. The van der Waals surface area contributed by atoms with Gasteiger partial charge in [0.1, 0.15) is 5.69 Å². The first-order valence-electron chi connectivity index (χ1n) is 12.2. The molecule has 0 bridgehead atoms. The predicted molar refractivity (Wildman–Crippen MR) is 140 cm³/mol. The molecule has 0 amide bonds. The molecular formula is C27H28N8O3. The minimum absolute atomic E-state index is 0.0126. The Bertz CT molecular complexity index is 1430. The van der Waals surface area contributed by atoms with Crippen LogP contribution < -0.4 is 5.73 Å². The summed E-state index contributed by atoms with van der Waals surface area (Å²) in [6, 6.07) is 16.4. The molecule has 3 N–H and O–H groups in total. The molecule has 38 heavy (non-hydrogen) atoms. The van der Waals surface area contributed by atoms with Gasteiger partial charge in [-0.3, -0.25) is 9.78 Å². The summed E-state index contributed by atoms with van der Waals surface area (Å²) in [5.41, 5.74) is 10.2. The van der Waals surface area contributed by atoms with E-state index in [1.165, 1.54) is 12.8 Å². The fourth-order valence-electron chi connectivity index (χ4n) is 3.89. The SMILES string of the molecule is C1CCOC1.CC(CC(=O)O)c1cccc(Cn2cc(-c3cc(-c4cccc(C#N)c4)nc(N)n3)nn2)n1. The van der Waals surface area contributed by atoms with Crippen LogP contribution >= 0.6 is 0 Å². The number of pyridine rings is 1. The van der Waals surface area contributed by atoms with E-state index < -0.39 is 5.97 Å². The monoisotopic (exact) mass is 512 g/mol. The van der Waals surface area contributed by atoms with Crippen LogP contribution in [0.3, 0.4) is 0 Å². The van der Waals surface area contributed by atoms with Gasteiger partial charge in [0.25, 0.3) is 0 Å². The molecule has 1 unspecified atom stereocenters. The van der Waals surface area contributed by atoms with Crippen LogP contribution in [-0.4, -0.2) is 54.2 Å². The van der Waals surface area contributed by atoms with Crippen LogP contribution in [0.15, 0.2) is 54.7 Å². The maximum atomic E-state index is 11.0. The number of nitrogen functional groups attached to an aromatic ring is 1. The first-order chi connectivity index (χ1) is 18.4. The third kappa shape index (κ3) is 7.18. The average molecular weight is 513 g/mol. The lowest BCUT2D eigenvalue weighted by Crippen LogP contribution is -2.08. The van der Waals surface area contributed by atoms with E-state index in [1.807, 2.05) is 31.2 Å². The molecule has 3 aromatic heterocycles. The molecule has 5 rings (SSSR count). The number of aromatic nitrogens is 6. The van der Waals surface area contributed by atoms with E-state index in [4.69, 9.17) is 20.8 Å². The van der Waals surface area contributed by atoms with Gasteiger partial charge < -0.3 is 15.6 Å². The van der Waals surface area contributed by atoms with Crippen LogP contribution in [0.5, 0.6) is 0 Å². The number of hydrogen-bond donors (Lipinski definition) is 2. The lowest BCUT2D eigenvalue weighted by molar-refractivity contribution is -0.137. The lowest BCUT2D eigenvalue weighted by atomic mass is 10.0. The fourth-order valence-corrected chi connectivity index (χ4v) is 3.89. The first-order valence-corrected chi connectivity index (χ1v) is 12.2. The Balaban J connectivity index is 0.000000603. The molecule has 1 aliphatic heterocycles. The number of carboxylic acids is 1. The number of carboxylic acid groups (broad SMARTS) is 1. The Hall–Kier alpha value is -4.69. The maximum Gasteiger partial charge on any atom is 0.304 e. The van der Waals surface area contributed by atoms with Crippen molar-refractivity contribution in [3.63, 3.8) is 0 Å². The fraction of sp³-hybridized carbons (Fsp3) is 0.296. The standard InChI is InChI=1S/C23H20N8O2.C4H8O/c1-14(8-22(32)33)18-7-3-6-17(26-18)12-31-13-21(29-30-31)20-10-19(27-23(25)28-20)16-5-2-4-15(9-16)11-24;1-2-4-5-3-1/h2-7,9-10,13-14H,8,12H2,1H3,(H,32,33)(H2,25,27,28);1-4H2. The van der Waals surface area contributed by atoms with Crippen molar-refractivity contribution < 1.29 is 14.6 Å². The third-order valence-corrected chi connectivity index (χ3v) is 5.80. The van der Waals surface area contributed by atoms with E-state index in [9.17, 15) is 4.79 Å². The summed E-state index contributed by atoms with van der Waals surface area (Å²) in [5, 5.41) is 26.5. The van der Waals surface area contributed by atoms with Gasteiger partial charge in [0.05, 0.1) is 47.9 Å². The topological polar surface area (TPSA) is 166 Å². The van der Waals surface area contributed by atoms with Crippen molar-refractivity contribution in [2.45, 2.75) is 38.6 Å². The average Bonchev–Trinajstić information content (AvgIpc) is 3.64. The quantitative estimate of drug-likeness (QED) is 0.373. The number of hydrogen-bond acceptors (Lipinski definition) is 9. The zero-order chi connectivity index (χ0) is 26.9. The minimum Gasteiger partial charge on any atom is -0.481 e. The number of benzene rings is 1. The van der Waals surface area contributed by atoms with Crippen LogP contribution in [0.4, 0.5) is 5.95 Å². The zero-order valence-electron chi connectivity index (χ0n) is 21.0. The zero-order valence-corrected chi connectivity index (χ0v) is 21.0. The molecule has 0 aliphatic carbocycles. The summed E-state index contributed by atoms with van der Waals surface area (Å²) < 4.78 is 6.57. The van der Waals surface area contributed by atoms with Gasteiger partial charge in [0.15, 0.2) is 0 Å². The molecule has 0 spiro atoms. The van der Waals surface area contributed by atoms with Crippen molar-refractivity contribution >= 4 is 11.9 Å². The summed E-state index contributed by atoms with van der Waals surface area (Å²) in [7, 11) is 0. The molecule has 11 nitrogen and oxygen atoms in total. The number of nitrogens with zero attached hydrogens (tertiary/aromatic N) is 7. The molecule has 0 radical (unpaired) electrons. The van der Waals surface area contributed by atoms with Crippen molar-refractivity contribution in [2.24, 2.45) is 0 Å². The Morgan fingerprint density at radius 1 is 1.11 bits per heavy atom. The molecule has 1 fully saturated rings. The van der Waals surface area contributed by atoms with Crippen LogP contribution in [0.1, 0.15) is 49.1 Å². The molecule has 1 aliphatic rings. The molecule has 194 valence electrons. The van der Waals surface area contributed by atoms with Crippen LogP contribution in [-0.2, 0) is 16.1 Å². The van der Waals surface area contributed by atoms with E-state index in [-0.39, 0.29) is 18.3 Å². The number of anilines is 1. The van der Waals surface area contributed by atoms with E-state index in [0.717, 1.165) is 24.5 Å². The van der Waals surface area contributed by atoms with Gasteiger partial charge in [-0.1, -0.05) is 30.3 Å². The molecular weight excluding hydrogens is 484 g/mol. The second-order valence-electron chi connectivity index (χ2n) is 8.86. The smallest absolute Gasteiger partial charge is 0.304 e. The molecule has 0 saturated carbocycles. The van der Waals surface area contributed by atoms with Gasteiger partial charge in [0, 0.05) is 30.4 Å². The Kier molecular flexibility index (Phi) is 8.69. The van der Waals surface area contributed by atoms with Gasteiger partial charge in [-0.25, -0.2) is 14.6 Å². The van der Waals surface area contributed by atoms with Gasteiger partial charge in [0.2, 0.25) is 5.95 Å². The van der Waals surface area contributed by atoms with Crippen molar-refractivity contribution in [1.82, 2.24) is 29.9 Å². The number of nitrogens with two attached hydrogens (primary N) is 1. The van der Waals surface area contributed by atoms with E-state index in [0.29, 0.717) is 34.9 Å². The summed E-state index contributed by atoms with van der Waals surface area (Å²) in [4.78, 5) is 24.1. The van der Waals surface area contributed by atoms with Crippen molar-refractivity contribution in [2.75, 3.05) is 18.9 Å². The second-order valence-corrected chi connectivity index (χ2v) is 8.86.